The van der Waals surface area contributed by atoms with Crippen LogP contribution in [-0.4, -0.2) is 57.5 Å². The number of hydrogen-bond acceptors (Lipinski definition) is 4. The Balaban J connectivity index is 1.32. The zero-order chi connectivity index (χ0) is 23.7. The van der Waals surface area contributed by atoms with Gasteiger partial charge in [-0.3, -0.25) is 24.0 Å². The van der Waals surface area contributed by atoms with Crippen molar-refractivity contribution in [1.29, 1.82) is 0 Å². The summed E-state index contributed by atoms with van der Waals surface area (Å²) in [5.41, 5.74) is 1.39. The van der Waals surface area contributed by atoms with E-state index in [0.717, 1.165) is 31.6 Å². The van der Waals surface area contributed by atoms with Crippen LogP contribution in [0.5, 0.6) is 0 Å². The molecule has 2 aromatic rings. The number of fused-ring (bicyclic) bond motifs is 1. The fourth-order valence-corrected chi connectivity index (χ4v) is 5.89. The number of amides is 1. The lowest BCUT2D eigenvalue weighted by atomic mass is 9.94. The van der Waals surface area contributed by atoms with Gasteiger partial charge in [-0.1, -0.05) is 25.3 Å². The molecule has 1 aliphatic heterocycles. The number of aromatic nitrogens is 2. The summed E-state index contributed by atoms with van der Waals surface area (Å²) in [5, 5.41) is 0. The average molecular weight is 469 g/mol. The molecule has 1 aromatic heterocycles. The van der Waals surface area contributed by atoms with E-state index in [1.165, 1.54) is 38.2 Å². The monoisotopic (exact) mass is 468 g/mol. The number of carbonyl (C=O) groups excluding carboxylic acids is 1. The summed E-state index contributed by atoms with van der Waals surface area (Å²) in [7, 11) is 0. The van der Waals surface area contributed by atoms with E-state index in [4.69, 9.17) is 0 Å². The molecule has 1 saturated carbocycles. The van der Waals surface area contributed by atoms with E-state index in [-0.39, 0.29) is 23.6 Å². The quantitative estimate of drug-likeness (QED) is 0.749. The van der Waals surface area contributed by atoms with Gasteiger partial charge in [0.25, 0.3) is 11.5 Å². The molecule has 1 N–H and O–H groups in total. The molecule has 8 heteroatoms. The lowest BCUT2D eigenvalue weighted by molar-refractivity contribution is 0.0519. The number of benzene rings is 1. The zero-order valence-electron chi connectivity index (χ0n) is 19.7. The fraction of sp³-hybridized carbons (Fsp3) is 0.577. The van der Waals surface area contributed by atoms with Crippen molar-refractivity contribution in [2.75, 3.05) is 26.2 Å². The predicted molar refractivity (Wildman–Crippen MR) is 128 cm³/mol. The Labute approximate surface area is 198 Å². The van der Waals surface area contributed by atoms with Gasteiger partial charge in [0.2, 0.25) is 0 Å². The van der Waals surface area contributed by atoms with Crippen LogP contribution in [0.15, 0.2) is 27.8 Å². The van der Waals surface area contributed by atoms with Crippen molar-refractivity contribution in [3.8, 4) is 0 Å². The molecule has 7 nitrogen and oxygen atoms in total. The van der Waals surface area contributed by atoms with Gasteiger partial charge in [0.15, 0.2) is 0 Å². The number of piperazine rings is 1. The summed E-state index contributed by atoms with van der Waals surface area (Å²) in [6, 6.07) is 5.11. The highest BCUT2D eigenvalue weighted by Gasteiger charge is 2.28. The summed E-state index contributed by atoms with van der Waals surface area (Å²) >= 11 is 0. The van der Waals surface area contributed by atoms with Crippen molar-refractivity contribution in [1.82, 2.24) is 19.4 Å². The first-order chi connectivity index (χ1) is 16.5. The number of H-pyrrole nitrogens is 1. The second-order valence-corrected chi connectivity index (χ2v) is 9.91. The molecule has 0 bridgehead atoms. The van der Waals surface area contributed by atoms with Crippen molar-refractivity contribution in [2.45, 2.75) is 70.4 Å². The van der Waals surface area contributed by atoms with E-state index in [2.05, 4.69) is 9.88 Å². The van der Waals surface area contributed by atoms with Crippen LogP contribution >= 0.6 is 0 Å². The molecule has 1 saturated heterocycles. The predicted octanol–water partition coefficient (Wildman–Crippen LogP) is 2.69. The van der Waals surface area contributed by atoms with Crippen molar-refractivity contribution < 1.29 is 9.18 Å². The number of nitrogens with zero attached hydrogens (tertiary/aromatic N) is 3. The van der Waals surface area contributed by atoms with Crippen LogP contribution in [0.4, 0.5) is 4.39 Å². The van der Waals surface area contributed by atoms with Crippen LogP contribution in [0.1, 0.15) is 72.1 Å². The molecule has 2 heterocycles. The van der Waals surface area contributed by atoms with E-state index in [0.29, 0.717) is 43.1 Å². The van der Waals surface area contributed by atoms with Gasteiger partial charge in [-0.05, 0) is 56.2 Å². The number of rotatable bonds is 4. The highest BCUT2D eigenvalue weighted by molar-refractivity contribution is 5.94. The smallest absolute Gasteiger partial charge is 0.328 e. The Morgan fingerprint density at radius 3 is 2.47 bits per heavy atom. The Morgan fingerprint density at radius 2 is 1.71 bits per heavy atom. The molecule has 34 heavy (non-hydrogen) atoms. The SMILES string of the molecule is O=C(c1cc(Cn2c3c(c(=O)[nH]c2=O)CCCC3)ccc1F)N1CCN(C2CCCCC2)CC1. The van der Waals surface area contributed by atoms with Crippen molar-refractivity contribution in [3.05, 3.63) is 67.2 Å². The number of aromatic amines is 1. The minimum Gasteiger partial charge on any atom is -0.336 e. The Hall–Kier alpha value is -2.74. The third-order valence-electron chi connectivity index (χ3n) is 7.80. The summed E-state index contributed by atoms with van der Waals surface area (Å²) in [5.74, 6) is -0.835. The number of carbonyl (C=O) groups is 1. The molecule has 3 aliphatic rings. The van der Waals surface area contributed by atoms with Crippen LogP contribution in [0.2, 0.25) is 0 Å². The van der Waals surface area contributed by atoms with Crippen LogP contribution in [0.3, 0.4) is 0 Å². The second-order valence-electron chi connectivity index (χ2n) is 9.91. The van der Waals surface area contributed by atoms with Gasteiger partial charge in [-0.25, -0.2) is 9.18 Å². The standard InChI is InChI=1S/C26H33FN4O3/c27-22-11-10-18(17-31-23-9-5-4-8-20(23)24(32)28-26(31)34)16-21(22)25(33)30-14-12-29(13-15-30)19-6-2-1-3-7-19/h10-11,16,19H,1-9,12-15,17H2,(H,28,32,34). The average Bonchev–Trinajstić information content (AvgIpc) is 2.88. The highest BCUT2D eigenvalue weighted by Crippen LogP contribution is 2.24. The molecule has 2 fully saturated rings. The van der Waals surface area contributed by atoms with Crippen LogP contribution < -0.4 is 11.2 Å². The van der Waals surface area contributed by atoms with E-state index >= 15 is 0 Å². The van der Waals surface area contributed by atoms with E-state index < -0.39 is 11.5 Å². The third-order valence-corrected chi connectivity index (χ3v) is 7.80. The summed E-state index contributed by atoms with van der Waals surface area (Å²) in [4.78, 5) is 44.6. The van der Waals surface area contributed by atoms with Crippen molar-refractivity contribution in [3.63, 3.8) is 0 Å². The molecule has 0 spiro atoms. The topological polar surface area (TPSA) is 78.4 Å². The van der Waals surface area contributed by atoms with Gasteiger partial charge < -0.3 is 4.90 Å². The van der Waals surface area contributed by atoms with E-state index in [1.54, 1.807) is 21.6 Å². The van der Waals surface area contributed by atoms with Crippen LogP contribution in [0, 0.1) is 5.82 Å². The molecule has 1 amide bonds. The Kier molecular flexibility index (Phi) is 6.68. The maximum absolute atomic E-state index is 14.7. The molecule has 1 aromatic carbocycles. The minimum absolute atomic E-state index is 0.0509. The van der Waals surface area contributed by atoms with Gasteiger partial charge in [0.1, 0.15) is 5.82 Å². The Bertz CT molecular complexity index is 1170. The maximum atomic E-state index is 14.7. The molecule has 182 valence electrons. The number of nitrogens with one attached hydrogen (secondary N) is 1. The van der Waals surface area contributed by atoms with Gasteiger partial charge in [-0.15, -0.1) is 0 Å². The summed E-state index contributed by atoms with van der Waals surface area (Å²) in [6.45, 7) is 3.07. The van der Waals surface area contributed by atoms with Gasteiger partial charge in [-0.2, -0.15) is 0 Å². The Morgan fingerprint density at radius 1 is 0.971 bits per heavy atom. The molecule has 0 unspecified atom stereocenters. The lowest BCUT2D eigenvalue weighted by Gasteiger charge is -2.40. The van der Waals surface area contributed by atoms with E-state index in [9.17, 15) is 18.8 Å². The summed E-state index contributed by atoms with van der Waals surface area (Å²) in [6.07, 6.45) is 9.54. The fourth-order valence-electron chi connectivity index (χ4n) is 5.89. The number of halogens is 1. The molecular weight excluding hydrogens is 435 g/mol. The first kappa shape index (κ1) is 23.0. The largest absolute Gasteiger partial charge is 0.336 e. The minimum atomic E-state index is -0.542. The summed E-state index contributed by atoms with van der Waals surface area (Å²) < 4.78 is 16.3. The lowest BCUT2D eigenvalue weighted by Crippen LogP contribution is -2.52. The van der Waals surface area contributed by atoms with Crippen molar-refractivity contribution in [2.24, 2.45) is 0 Å². The molecule has 0 atom stereocenters. The first-order valence-electron chi connectivity index (χ1n) is 12.7. The zero-order valence-corrected chi connectivity index (χ0v) is 19.7. The van der Waals surface area contributed by atoms with Gasteiger partial charge in [0, 0.05) is 43.5 Å². The molecule has 0 radical (unpaired) electrons. The maximum Gasteiger partial charge on any atom is 0.328 e. The first-order valence-corrected chi connectivity index (χ1v) is 12.7. The highest BCUT2D eigenvalue weighted by atomic mass is 19.1. The van der Waals surface area contributed by atoms with Gasteiger partial charge >= 0.3 is 5.69 Å². The van der Waals surface area contributed by atoms with Crippen LogP contribution in [0.25, 0.3) is 0 Å². The van der Waals surface area contributed by atoms with E-state index in [1.807, 2.05) is 0 Å². The van der Waals surface area contributed by atoms with Gasteiger partial charge in [0.05, 0.1) is 12.1 Å². The van der Waals surface area contributed by atoms with Crippen LogP contribution in [-0.2, 0) is 19.4 Å². The molecule has 2 aliphatic carbocycles. The van der Waals surface area contributed by atoms with Crippen molar-refractivity contribution >= 4 is 5.91 Å². The second kappa shape index (κ2) is 9.86. The third kappa shape index (κ3) is 4.60. The number of hydrogen-bond donors (Lipinski definition) is 1. The molecule has 5 rings (SSSR count). The normalized spacial score (nSPS) is 19.7. The molecular formula is C26H33FN4O3.